The highest BCUT2D eigenvalue weighted by Crippen LogP contribution is 2.23. The van der Waals surface area contributed by atoms with Crippen LogP contribution >= 0.6 is 0 Å². The van der Waals surface area contributed by atoms with Gasteiger partial charge in [0.2, 0.25) is 0 Å². The van der Waals surface area contributed by atoms with Crippen LogP contribution in [0.4, 0.5) is 4.79 Å². The van der Waals surface area contributed by atoms with Gasteiger partial charge in [-0.15, -0.1) is 0 Å². The van der Waals surface area contributed by atoms with E-state index < -0.39 is 5.97 Å². The summed E-state index contributed by atoms with van der Waals surface area (Å²) in [5.41, 5.74) is 0. The lowest BCUT2D eigenvalue weighted by Crippen LogP contribution is -2.51. The van der Waals surface area contributed by atoms with Crippen LogP contribution in [0.25, 0.3) is 0 Å². The molecule has 0 bridgehead atoms. The van der Waals surface area contributed by atoms with Crippen LogP contribution in [0.1, 0.15) is 33.1 Å². The minimum atomic E-state index is -0.743. The van der Waals surface area contributed by atoms with Crippen molar-refractivity contribution in [2.45, 2.75) is 39.2 Å². The van der Waals surface area contributed by atoms with Crippen LogP contribution in [0.3, 0.4) is 0 Å². The first-order valence-electron chi connectivity index (χ1n) is 8.00. The maximum atomic E-state index is 12.2. The van der Waals surface area contributed by atoms with Gasteiger partial charge in [-0.2, -0.15) is 0 Å². The Hall–Kier alpha value is -1.30. The molecule has 2 saturated heterocycles. The predicted octanol–water partition coefficient (Wildman–Crippen LogP) is 1.22. The quantitative estimate of drug-likeness (QED) is 0.818. The third-order valence-corrected chi connectivity index (χ3v) is 4.85. The van der Waals surface area contributed by atoms with Crippen molar-refractivity contribution in [2.24, 2.45) is 11.8 Å². The molecule has 2 aliphatic rings. The van der Waals surface area contributed by atoms with Crippen LogP contribution in [-0.2, 0) is 4.79 Å². The van der Waals surface area contributed by atoms with Crippen molar-refractivity contribution >= 4 is 12.0 Å². The van der Waals surface area contributed by atoms with Crippen LogP contribution in [0, 0.1) is 11.8 Å². The number of aliphatic carboxylic acids is 1. The van der Waals surface area contributed by atoms with Crippen molar-refractivity contribution in [2.75, 3.05) is 32.7 Å². The number of hydrogen-bond donors (Lipinski definition) is 2. The van der Waals surface area contributed by atoms with Crippen molar-refractivity contribution in [3.05, 3.63) is 0 Å². The Morgan fingerprint density at radius 3 is 2.62 bits per heavy atom. The molecule has 0 aliphatic carbocycles. The molecule has 0 aromatic rings. The normalized spacial score (nSPS) is 30.4. The Kier molecular flexibility index (Phi) is 5.45. The molecule has 2 fully saturated rings. The second kappa shape index (κ2) is 7.11. The zero-order valence-electron chi connectivity index (χ0n) is 13.0. The number of carboxylic acid groups (broad SMARTS) is 1. The van der Waals surface area contributed by atoms with Crippen molar-refractivity contribution in [3.8, 4) is 0 Å². The summed E-state index contributed by atoms with van der Waals surface area (Å²) in [4.78, 5) is 27.4. The van der Waals surface area contributed by atoms with E-state index in [1.54, 1.807) is 4.90 Å². The van der Waals surface area contributed by atoms with E-state index in [9.17, 15) is 9.59 Å². The summed E-state index contributed by atoms with van der Waals surface area (Å²) in [6.45, 7) is 8.62. The van der Waals surface area contributed by atoms with Crippen molar-refractivity contribution < 1.29 is 14.7 Å². The topological polar surface area (TPSA) is 72.9 Å². The van der Waals surface area contributed by atoms with E-state index in [2.05, 4.69) is 17.1 Å². The average Bonchev–Trinajstić information content (AvgIpc) is 2.92. The Bertz CT molecular complexity index is 388. The summed E-state index contributed by atoms with van der Waals surface area (Å²) in [6, 6.07) is -0.0446. The van der Waals surface area contributed by atoms with Crippen molar-refractivity contribution in [3.63, 3.8) is 0 Å². The molecule has 0 spiro atoms. The van der Waals surface area contributed by atoms with E-state index in [1.807, 2.05) is 6.92 Å². The Labute approximate surface area is 126 Å². The maximum Gasteiger partial charge on any atom is 0.317 e. The van der Waals surface area contributed by atoms with E-state index in [-0.39, 0.29) is 18.0 Å². The number of hydrogen-bond acceptors (Lipinski definition) is 3. The fourth-order valence-corrected chi connectivity index (χ4v) is 3.40. The number of carbonyl (C=O) groups excluding carboxylic acids is 1. The minimum absolute atomic E-state index is 0.00410. The zero-order chi connectivity index (χ0) is 15.4. The first-order chi connectivity index (χ1) is 10.0. The van der Waals surface area contributed by atoms with Gasteiger partial charge in [0.1, 0.15) is 0 Å². The van der Waals surface area contributed by atoms with Gasteiger partial charge in [0.25, 0.3) is 0 Å². The first-order valence-corrected chi connectivity index (χ1v) is 8.00. The van der Waals surface area contributed by atoms with E-state index >= 15 is 0 Å². The second-order valence-electron chi connectivity index (χ2n) is 6.34. The van der Waals surface area contributed by atoms with Crippen LogP contribution in [0.15, 0.2) is 0 Å². The molecule has 3 unspecified atom stereocenters. The van der Waals surface area contributed by atoms with Gasteiger partial charge in [-0.3, -0.25) is 4.79 Å². The number of nitrogens with zero attached hydrogens (tertiary/aromatic N) is 2. The van der Waals surface area contributed by atoms with Gasteiger partial charge in [-0.05, 0) is 45.2 Å². The number of amides is 2. The number of carbonyl (C=O) groups is 2. The molecule has 120 valence electrons. The molecule has 2 amide bonds. The maximum absolute atomic E-state index is 12.2. The molecule has 2 N–H and O–H groups in total. The zero-order valence-corrected chi connectivity index (χ0v) is 13.0. The molecule has 3 atom stereocenters. The number of rotatable bonds is 4. The minimum Gasteiger partial charge on any atom is -0.481 e. The highest BCUT2D eigenvalue weighted by atomic mass is 16.4. The number of urea groups is 1. The summed E-state index contributed by atoms with van der Waals surface area (Å²) in [5.74, 6) is -0.509. The van der Waals surface area contributed by atoms with Gasteiger partial charge in [0.05, 0.1) is 5.92 Å². The van der Waals surface area contributed by atoms with Gasteiger partial charge >= 0.3 is 12.0 Å². The fourth-order valence-electron chi connectivity index (χ4n) is 3.40. The summed E-state index contributed by atoms with van der Waals surface area (Å²) >= 11 is 0. The number of nitrogens with one attached hydrogen (secondary N) is 1. The molecule has 6 heteroatoms. The molecule has 6 nitrogen and oxygen atoms in total. The number of carboxylic acids is 1. The van der Waals surface area contributed by atoms with Gasteiger partial charge in [0.15, 0.2) is 0 Å². The highest BCUT2D eigenvalue weighted by molar-refractivity contribution is 5.75. The largest absolute Gasteiger partial charge is 0.481 e. The summed E-state index contributed by atoms with van der Waals surface area (Å²) in [7, 11) is 0. The number of piperidine rings is 1. The molecule has 2 heterocycles. The lowest BCUT2D eigenvalue weighted by atomic mass is 9.92. The molecule has 2 aliphatic heterocycles. The van der Waals surface area contributed by atoms with E-state index in [4.69, 9.17) is 5.11 Å². The molecule has 2 rings (SSSR count). The molecular formula is C15H27N3O3. The summed E-state index contributed by atoms with van der Waals surface area (Å²) in [5, 5.41) is 12.1. The van der Waals surface area contributed by atoms with Gasteiger partial charge < -0.3 is 20.2 Å². The Balaban J connectivity index is 1.75. The monoisotopic (exact) mass is 297 g/mol. The molecule has 0 saturated carbocycles. The first kappa shape index (κ1) is 16.1. The molecule has 0 aromatic carbocycles. The Morgan fingerprint density at radius 2 is 2.05 bits per heavy atom. The summed E-state index contributed by atoms with van der Waals surface area (Å²) < 4.78 is 0. The van der Waals surface area contributed by atoms with Crippen LogP contribution < -0.4 is 5.32 Å². The third kappa shape index (κ3) is 4.09. The van der Waals surface area contributed by atoms with E-state index in [0.29, 0.717) is 25.3 Å². The molecule has 21 heavy (non-hydrogen) atoms. The highest BCUT2D eigenvalue weighted by Gasteiger charge is 2.32. The standard InChI is InChI=1S/C15H27N3O3/c1-3-17-6-4-12(10-17)9-16-15(21)18-7-5-13(14(19)20)8-11(18)2/h11-13H,3-10H2,1-2H3,(H,16,21)(H,19,20). The molecular weight excluding hydrogens is 270 g/mol. The molecule has 0 radical (unpaired) electrons. The fraction of sp³-hybridized carbons (Fsp3) is 0.867. The van der Waals surface area contributed by atoms with Gasteiger partial charge in [0, 0.05) is 25.7 Å². The van der Waals surface area contributed by atoms with E-state index in [1.165, 1.54) is 0 Å². The van der Waals surface area contributed by atoms with Crippen LogP contribution in [0.5, 0.6) is 0 Å². The van der Waals surface area contributed by atoms with Gasteiger partial charge in [-0.1, -0.05) is 6.92 Å². The Morgan fingerprint density at radius 1 is 1.29 bits per heavy atom. The average molecular weight is 297 g/mol. The van der Waals surface area contributed by atoms with E-state index in [0.717, 1.165) is 32.6 Å². The number of likely N-dealkylation sites (tertiary alicyclic amines) is 2. The van der Waals surface area contributed by atoms with Crippen molar-refractivity contribution in [1.29, 1.82) is 0 Å². The summed E-state index contributed by atoms with van der Waals surface area (Å²) in [6.07, 6.45) is 2.25. The predicted molar refractivity (Wildman–Crippen MR) is 80.1 cm³/mol. The molecule has 0 aromatic heterocycles. The second-order valence-corrected chi connectivity index (χ2v) is 6.34. The lowest BCUT2D eigenvalue weighted by molar-refractivity contribution is -0.143. The smallest absolute Gasteiger partial charge is 0.317 e. The lowest BCUT2D eigenvalue weighted by Gasteiger charge is -2.36. The van der Waals surface area contributed by atoms with Crippen LogP contribution in [0.2, 0.25) is 0 Å². The SMILES string of the molecule is CCN1CCC(CNC(=O)N2CCC(C(=O)O)CC2C)C1. The van der Waals surface area contributed by atoms with Crippen molar-refractivity contribution in [1.82, 2.24) is 15.1 Å². The van der Waals surface area contributed by atoms with Gasteiger partial charge in [-0.25, -0.2) is 4.79 Å². The van der Waals surface area contributed by atoms with Crippen LogP contribution in [-0.4, -0.2) is 65.7 Å². The third-order valence-electron chi connectivity index (χ3n) is 4.85.